The normalized spacial score (nSPS) is 25.6. The molecule has 2 saturated heterocycles. The molecule has 0 bridgehead atoms. The number of ketones is 1. The van der Waals surface area contributed by atoms with Crippen LogP contribution in [0.15, 0.2) is 24.3 Å². The predicted octanol–water partition coefficient (Wildman–Crippen LogP) is 0.760. The summed E-state index contributed by atoms with van der Waals surface area (Å²) in [5.74, 6) is -2.17. The third-order valence-electron chi connectivity index (χ3n) is 8.26. The highest BCUT2D eigenvalue weighted by atomic mass is 32.2. The van der Waals surface area contributed by atoms with Gasteiger partial charge in [0.25, 0.3) is 0 Å². The number of benzene rings is 1. The zero-order valence-corrected chi connectivity index (χ0v) is 26.7. The number of carbonyl (C=O) groups is 5. The Kier molecular flexibility index (Phi) is 11.9. The van der Waals surface area contributed by atoms with Crippen LogP contribution in [-0.4, -0.2) is 90.4 Å². The summed E-state index contributed by atoms with van der Waals surface area (Å²) in [6, 6.07) is 3.65. The number of hydrogen-bond donors (Lipinski definition) is 5. The number of aliphatic hydroxyl groups is 1. The maximum Gasteiger partial charge on any atom is 0.246 e. The third-order valence-corrected chi connectivity index (χ3v) is 8.87. The van der Waals surface area contributed by atoms with Crippen LogP contribution < -0.4 is 20.7 Å². The monoisotopic (exact) mass is 635 g/mol. The second kappa shape index (κ2) is 15.0. The van der Waals surface area contributed by atoms with Gasteiger partial charge in [-0.15, -0.1) is 0 Å². The number of unbranched alkanes of at least 4 members (excludes halogenated alkanes) is 2. The zero-order valence-electron chi connectivity index (χ0n) is 25.9. The molecule has 0 aliphatic carbocycles. The van der Waals surface area contributed by atoms with Crippen molar-refractivity contribution in [2.45, 2.75) is 108 Å². The molecular formula is C30H45N5O8S. The van der Waals surface area contributed by atoms with E-state index < -0.39 is 63.4 Å². The Labute approximate surface area is 259 Å². The van der Waals surface area contributed by atoms with Crippen molar-refractivity contribution in [2.75, 3.05) is 17.5 Å². The number of rotatable bonds is 12. The van der Waals surface area contributed by atoms with Crippen LogP contribution in [0, 0.1) is 0 Å². The lowest BCUT2D eigenvalue weighted by Gasteiger charge is -2.36. The van der Waals surface area contributed by atoms with Gasteiger partial charge in [0.2, 0.25) is 33.7 Å². The Hall–Kier alpha value is -3.52. The van der Waals surface area contributed by atoms with Crippen molar-refractivity contribution in [3.63, 3.8) is 0 Å². The number of sulfonamides is 1. The van der Waals surface area contributed by atoms with E-state index >= 15 is 0 Å². The first-order valence-electron chi connectivity index (χ1n) is 15.1. The molecule has 0 radical (unpaired) electrons. The molecule has 0 aromatic heterocycles. The second-order valence-electron chi connectivity index (χ2n) is 12.0. The number of fused-ring (bicyclic) bond motifs is 1. The van der Waals surface area contributed by atoms with Crippen LogP contribution in [0.4, 0.5) is 5.69 Å². The number of nitrogens with one attached hydrogen (secondary N) is 4. The Bertz CT molecular complexity index is 1330. The topological polar surface area (TPSA) is 191 Å². The average Bonchev–Trinajstić information content (AvgIpc) is 3.45. The molecule has 13 nitrogen and oxygen atoms in total. The Morgan fingerprint density at radius 2 is 1.75 bits per heavy atom. The van der Waals surface area contributed by atoms with E-state index in [0.29, 0.717) is 49.9 Å². The van der Waals surface area contributed by atoms with E-state index in [0.717, 1.165) is 6.26 Å². The quantitative estimate of drug-likeness (QED) is 0.208. The summed E-state index contributed by atoms with van der Waals surface area (Å²) < 4.78 is 25.5. The summed E-state index contributed by atoms with van der Waals surface area (Å²) in [7, 11) is -3.47. The van der Waals surface area contributed by atoms with Gasteiger partial charge in [0.1, 0.15) is 29.8 Å². The summed E-state index contributed by atoms with van der Waals surface area (Å²) in [5, 5.41) is 17.8. The van der Waals surface area contributed by atoms with Crippen LogP contribution in [0.25, 0.3) is 0 Å². The van der Waals surface area contributed by atoms with Gasteiger partial charge in [-0.25, -0.2) is 8.42 Å². The molecule has 2 fully saturated rings. The molecule has 5 N–H and O–H groups in total. The van der Waals surface area contributed by atoms with Crippen LogP contribution in [0.1, 0.15) is 77.7 Å². The molecule has 44 heavy (non-hydrogen) atoms. The number of aliphatic hydroxyl groups excluding tert-OH is 1. The first-order valence-corrected chi connectivity index (χ1v) is 17.0. The van der Waals surface area contributed by atoms with Gasteiger partial charge in [-0.05, 0) is 63.6 Å². The smallest absolute Gasteiger partial charge is 0.246 e. The van der Waals surface area contributed by atoms with Crippen molar-refractivity contribution in [1.29, 1.82) is 0 Å². The van der Waals surface area contributed by atoms with E-state index in [2.05, 4.69) is 20.7 Å². The largest absolute Gasteiger partial charge is 0.386 e. The fraction of sp³-hybridized carbons (Fsp3) is 0.633. The van der Waals surface area contributed by atoms with Gasteiger partial charge >= 0.3 is 0 Å². The van der Waals surface area contributed by atoms with Crippen LogP contribution in [0.5, 0.6) is 0 Å². The fourth-order valence-corrected chi connectivity index (χ4v) is 5.98. The molecule has 2 aliphatic rings. The highest BCUT2D eigenvalue weighted by molar-refractivity contribution is 7.92. The van der Waals surface area contributed by atoms with Gasteiger partial charge in [-0.3, -0.25) is 28.7 Å². The minimum Gasteiger partial charge on any atom is -0.386 e. The minimum atomic E-state index is -3.47. The summed E-state index contributed by atoms with van der Waals surface area (Å²) >= 11 is 0. The molecule has 4 amide bonds. The molecule has 2 heterocycles. The third kappa shape index (κ3) is 9.49. The first-order chi connectivity index (χ1) is 20.6. The van der Waals surface area contributed by atoms with Gasteiger partial charge in [0.15, 0.2) is 5.78 Å². The van der Waals surface area contributed by atoms with Crippen LogP contribution in [-0.2, 0) is 40.4 Å². The number of hydrogen-bond acceptors (Lipinski definition) is 8. The number of nitrogens with zero attached hydrogens (tertiary/aromatic N) is 1. The van der Waals surface area contributed by atoms with E-state index in [1.54, 1.807) is 38.1 Å². The molecule has 5 atom stereocenters. The Morgan fingerprint density at radius 3 is 2.36 bits per heavy atom. The van der Waals surface area contributed by atoms with Crippen molar-refractivity contribution in [3.8, 4) is 0 Å². The molecule has 2 aliphatic heterocycles. The Morgan fingerprint density at radius 1 is 1.07 bits per heavy atom. The predicted molar refractivity (Wildman–Crippen MR) is 164 cm³/mol. The van der Waals surface area contributed by atoms with E-state index in [9.17, 15) is 37.5 Å². The van der Waals surface area contributed by atoms with Crippen molar-refractivity contribution < 1.29 is 37.5 Å². The lowest BCUT2D eigenvalue weighted by molar-refractivity contribution is -0.144. The molecule has 3 rings (SSSR count). The molecule has 0 saturated carbocycles. The number of carbonyl (C=O) groups excluding carboxylic acids is 5. The molecule has 1 aromatic rings. The molecular weight excluding hydrogens is 590 g/mol. The lowest BCUT2D eigenvalue weighted by atomic mass is 9.94. The lowest BCUT2D eigenvalue weighted by Crippen LogP contribution is -2.65. The van der Waals surface area contributed by atoms with E-state index in [4.69, 9.17) is 0 Å². The van der Waals surface area contributed by atoms with Gasteiger partial charge in [0, 0.05) is 25.1 Å². The fourth-order valence-electron chi connectivity index (χ4n) is 5.41. The molecule has 0 spiro atoms. The summed E-state index contributed by atoms with van der Waals surface area (Å²) in [5.41, 5.74) is -0.368. The number of Topliss-reactive ketones (excluding diaryl/α,β-unsaturated/α-hetero) is 1. The van der Waals surface area contributed by atoms with Crippen molar-refractivity contribution in [2.24, 2.45) is 0 Å². The van der Waals surface area contributed by atoms with E-state index in [1.807, 2.05) is 0 Å². The maximum atomic E-state index is 13.9. The second-order valence-corrected chi connectivity index (χ2v) is 13.7. The Balaban J connectivity index is 1.82. The van der Waals surface area contributed by atoms with Crippen LogP contribution in [0.2, 0.25) is 0 Å². The maximum absolute atomic E-state index is 13.9. The minimum absolute atomic E-state index is 0.0858. The molecule has 1 aromatic carbocycles. The van der Waals surface area contributed by atoms with Crippen LogP contribution >= 0.6 is 0 Å². The van der Waals surface area contributed by atoms with Crippen molar-refractivity contribution >= 4 is 45.1 Å². The summed E-state index contributed by atoms with van der Waals surface area (Å²) in [6.07, 6.45) is 3.46. The zero-order chi connectivity index (χ0) is 32.7. The highest BCUT2D eigenvalue weighted by Gasteiger charge is 2.43. The van der Waals surface area contributed by atoms with Gasteiger partial charge < -0.3 is 26.0 Å². The highest BCUT2D eigenvalue weighted by Crippen LogP contribution is 2.23. The van der Waals surface area contributed by atoms with Gasteiger partial charge in [0.05, 0.1) is 6.26 Å². The number of anilines is 1. The standard InChI is InChI=1S/C30H45N5O8S/c1-5-30(3)29(41)32-23(18-20-13-15-21(16-14-20)34-44(4,42)43)28(40)35-17-9-11-24(35)27(39)31-22(26(38)33-30)10-7-6-8-12-25(37)19(2)36/h13-16,19,22-24,34,36H,5-12,17-18H2,1-4H3,(H,31,39)(H,32,41)(H,33,38)/t19-,22+,23+,24-,30+/m1/s1. The van der Waals surface area contributed by atoms with Crippen LogP contribution in [0.3, 0.4) is 0 Å². The van der Waals surface area contributed by atoms with E-state index in [1.165, 1.54) is 11.8 Å². The number of amides is 4. The van der Waals surface area contributed by atoms with Gasteiger partial charge in [-0.2, -0.15) is 0 Å². The average molecular weight is 636 g/mol. The molecule has 244 valence electrons. The molecule has 0 unspecified atom stereocenters. The van der Waals surface area contributed by atoms with E-state index in [-0.39, 0.29) is 31.5 Å². The van der Waals surface area contributed by atoms with Crippen molar-refractivity contribution in [1.82, 2.24) is 20.9 Å². The van der Waals surface area contributed by atoms with Gasteiger partial charge in [-0.1, -0.05) is 31.9 Å². The SMILES string of the molecule is CC[C@]1(C)NC(=O)[C@H](CCCCCC(=O)[C@@H](C)O)NC(=O)[C@H]2CCCN2C(=O)[C@H](Cc2ccc(NS(C)(=O)=O)cc2)NC1=O. The van der Waals surface area contributed by atoms with Crippen molar-refractivity contribution in [3.05, 3.63) is 29.8 Å². The summed E-state index contributed by atoms with van der Waals surface area (Å²) in [4.78, 5) is 67.7. The summed E-state index contributed by atoms with van der Waals surface area (Å²) in [6.45, 7) is 5.04. The first kappa shape index (κ1) is 35.0. The molecule has 14 heteroatoms.